The van der Waals surface area contributed by atoms with Gasteiger partial charge in [-0.3, -0.25) is 9.48 Å². The van der Waals surface area contributed by atoms with Gasteiger partial charge in [0.15, 0.2) is 0 Å². The average Bonchev–Trinajstić information content (AvgIpc) is 3.10. The fourth-order valence-corrected chi connectivity index (χ4v) is 2.35. The smallest absolute Gasteiger partial charge is 0.358 e. The van der Waals surface area contributed by atoms with Crippen molar-refractivity contribution in [1.82, 2.24) is 24.9 Å². The van der Waals surface area contributed by atoms with E-state index in [0.29, 0.717) is 30.4 Å². The summed E-state index contributed by atoms with van der Waals surface area (Å²) in [5.41, 5.74) is 0.650. The molecule has 2 heterocycles. The third-order valence-electron chi connectivity index (χ3n) is 3.51. The number of nitrogens with zero attached hydrogens (tertiary/aromatic N) is 5. The van der Waals surface area contributed by atoms with Crippen molar-refractivity contribution in [2.45, 2.75) is 33.4 Å². The number of nitrogens with one attached hydrogen (secondary N) is 1. The predicted octanol–water partition coefficient (Wildman–Crippen LogP) is 1.79. The lowest BCUT2D eigenvalue weighted by Crippen LogP contribution is -2.33. The molecule has 0 aliphatic carbocycles. The van der Waals surface area contributed by atoms with Gasteiger partial charge in [-0.05, 0) is 18.3 Å². The van der Waals surface area contributed by atoms with Crippen LogP contribution in [0.15, 0.2) is 18.5 Å². The maximum atomic E-state index is 12.1. The van der Waals surface area contributed by atoms with Gasteiger partial charge in [-0.1, -0.05) is 18.5 Å². The number of aromatic nitrogens is 4. The summed E-state index contributed by atoms with van der Waals surface area (Å²) in [5, 5.41) is 22.1. The van der Waals surface area contributed by atoms with Crippen LogP contribution >= 0.6 is 11.6 Å². The Kier molecular flexibility index (Phi) is 5.91. The first kappa shape index (κ1) is 17.9. The summed E-state index contributed by atoms with van der Waals surface area (Å²) in [5.74, 6) is -0.675. The van der Waals surface area contributed by atoms with Crippen LogP contribution in [0.25, 0.3) is 0 Å². The molecular weight excluding hydrogens is 336 g/mol. The molecule has 0 aliphatic rings. The summed E-state index contributed by atoms with van der Waals surface area (Å²) in [6.45, 7) is 4.94. The van der Waals surface area contributed by atoms with Crippen LogP contribution in [0.5, 0.6) is 0 Å². The molecule has 1 unspecified atom stereocenters. The number of rotatable bonds is 8. The highest BCUT2D eigenvalue weighted by atomic mass is 35.5. The molecule has 1 N–H and O–H groups in total. The predicted molar refractivity (Wildman–Crippen MR) is 87.6 cm³/mol. The third kappa shape index (κ3) is 4.79. The zero-order valence-electron chi connectivity index (χ0n) is 13.5. The minimum absolute atomic E-state index is 0.119. The number of carbonyl (C=O) groups is 1. The zero-order chi connectivity index (χ0) is 17.7. The number of nitro groups is 1. The molecule has 0 radical (unpaired) electrons. The number of amides is 1. The molecule has 0 saturated carbocycles. The molecule has 130 valence electrons. The Morgan fingerprint density at radius 1 is 1.54 bits per heavy atom. The van der Waals surface area contributed by atoms with Gasteiger partial charge in [-0.25, -0.2) is 0 Å². The van der Waals surface area contributed by atoms with Crippen LogP contribution in [-0.4, -0.2) is 36.9 Å². The highest BCUT2D eigenvalue weighted by molar-refractivity contribution is 6.30. The Morgan fingerprint density at radius 3 is 2.88 bits per heavy atom. The highest BCUT2D eigenvalue weighted by Crippen LogP contribution is 2.13. The first-order valence-corrected chi connectivity index (χ1v) is 7.89. The molecule has 0 aromatic carbocycles. The van der Waals surface area contributed by atoms with E-state index in [2.05, 4.69) is 15.5 Å². The highest BCUT2D eigenvalue weighted by Gasteiger charge is 2.20. The number of halogens is 1. The van der Waals surface area contributed by atoms with Crippen LogP contribution in [0.2, 0.25) is 5.02 Å². The van der Waals surface area contributed by atoms with E-state index in [1.54, 1.807) is 30.9 Å². The van der Waals surface area contributed by atoms with Crippen LogP contribution in [0, 0.1) is 23.0 Å². The van der Waals surface area contributed by atoms with Gasteiger partial charge >= 0.3 is 5.82 Å². The summed E-state index contributed by atoms with van der Waals surface area (Å²) in [6.07, 6.45) is 4.01. The SMILES string of the molecule is Cc1cc([N+](=O)[O-])nn1CC(C)C(=O)NCCCn1cc(Cl)cn1. The van der Waals surface area contributed by atoms with E-state index < -0.39 is 4.92 Å². The van der Waals surface area contributed by atoms with E-state index in [1.165, 1.54) is 10.7 Å². The molecule has 2 rings (SSSR count). The lowest BCUT2D eigenvalue weighted by atomic mass is 10.1. The Hall–Kier alpha value is -2.42. The van der Waals surface area contributed by atoms with Crippen molar-refractivity contribution in [3.8, 4) is 0 Å². The Morgan fingerprint density at radius 2 is 2.29 bits per heavy atom. The molecule has 2 aromatic rings. The quantitative estimate of drug-likeness (QED) is 0.441. The molecule has 24 heavy (non-hydrogen) atoms. The van der Waals surface area contributed by atoms with E-state index in [9.17, 15) is 14.9 Å². The summed E-state index contributed by atoms with van der Waals surface area (Å²) < 4.78 is 3.19. The Balaban J connectivity index is 1.76. The van der Waals surface area contributed by atoms with Crippen molar-refractivity contribution in [2.24, 2.45) is 5.92 Å². The maximum Gasteiger partial charge on any atom is 0.390 e. The van der Waals surface area contributed by atoms with Crippen LogP contribution in [0.4, 0.5) is 5.82 Å². The molecule has 1 amide bonds. The molecule has 0 saturated heterocycles. The summed E-state index contributed by atoms with van der Waals surface area (Å²) in [4.78, 5) is 22.3. The fraction of sp³-hybridized carbons (Fsp3) is 0.500. The molecular formula is C14H19ClN6O3. The van der Waals surface area contributed by atoms with Gasteiger partial charge in [0.2, 0.25) is 5.91 Å². The second kappa shape index (κ2) is 7.91. The molecule has 0 spiro atoms. The van der Waals surface area contributed by atoms with Crippen LogP contribution in [0.1, 0.15) is 19.0 Å². The van der Waals surface area contributed by atoms with Crippen molar-refractivity contribution in [1.29, 1.82) is 0 Å². The molecule has 2 aromatic heterocycles. The maximum absolute atomic E-state index is 12.1. The minimum atomic E-state index is -0.546. The average molecular weight is 355 g/mol. The van der Waals surface area contributed by atoms with E-state index in [-0.39, 0.29) is 17.6 Å². The van der Waals surface area contributed by atoms with Crippen molar-refractivity contribution in [3.05, 3.63) is 39.3 Å². The molecule has 1 atom stereocenters. The summed E-state index contributed by atoms with van der Waals surface area (Å²) in [6, 6.07) is 1.39. The second-order valence-electron chi connectivity index (χ2n) is 5.55. The Bertz CT molecular complexity index is 726. The summed E-state index contributed by atoms with van der Waals surface area (Å²) >= 11 is 5.77. The van der Waals surface area contributed by atoms with Gasteiger partial charge in [0.05, 0.1) is 40.5 Å². The van der Waals surface area contributed by atoms with E-state index in [4.69, 9.17) is 11.6 Å². The number of carbonyl (C=O) groups excluding carboxylic acids is 1. The third-order valence-corrected chi connectivity index (χ3v) is 3.71. The first-order chi connectivity index (χ1) is 11.4. The van der Waals surface area contributed by atoms with Gasteiger partial charge in [0, 0.05) is 19.3 Å². The molecule has 0 fully saturated rings. The van der Waals surface area contributed by atoms with Crippen LogP contribution in [-0.2, 0) is 17.9 Å². The molecule has 0 bridgehead atoms. The molecule has 0 aliphatic heterocycles. The van der Waals surface area contributed by atoms with Crippen molar-refractivity contribution in [2.75, 3.05) is 6.54 Å². The normalized spacial score (nSPS) is 12.1. The van der Waals surface area contributed by atoms with Gasteiger partial charge in [0.25, 0.3) is 0 Å². The van der Waals surface area contributed by atoms with E-state index >= 15 is 0 Å². The number of aryl methyl sites for hydroxylation is 2. The number of hydrogen-bond acceptors (Lipinski definition) is 5. The van der Waals surface area contributed by atoms with Crippen molar-refractivity contribution < 1.29 is 9.72 Å². The van der Waals surface area contributed by atoms with Gasteiger partial charge < -0.3 is 15.4 Å². The minimum Gasteiger partial charge on any atom is -0.358 e. The Labute approximate surface area is 143 Å². The number of hydrogen-bond donors (Lipinski definition) is 1. The summed E-state index contributed by atoms with van der Waals surface area (Å²) in [7, 11) is 0. The van der Waals surface area contributed by atoms with Gasteiger partial charge in [-0.15, -0.1) is 0 Å². The van der Waals surface area contributed by atoms with E-state index in [0.717, 1.165) is 6.42 Å². The zero-order valence-corrected chi connectivity index (χ0v) is 14.2. The largest absolute Gasteiger partial charge is 0.390 e. The molecule has 9 nitrogen and oxygen atoms in total. The first-order valence-electron chi connectivity index (χ1n) is 7.51. The standard InChI is InChI=1S/C14H19ClN6O3/c1-10(8-20-11(2)6-13(18-20)21(23)24)14(22)16-4-3-5-19-9-12(15)7-17-19/h6-7,9-10H,3-5,8H2,1-2H3,(H,16,22). The van der Waals surface area contributed by atoms with Crippen LogP contribution in [0.3, 0.4) is 0 Å². The van der Waals surface area contributed by atoms with Crippen LogP contribution < -0.4 is 5.32 Å². The lowest BCUT2D eigenvalue weighted by molar-refractivity contribution is -0.389. The topological polar surface area (TPSA) is 108 Å². The van der Waals surface area contributed by atoms with Gasteiger partial charge in [-0.2, -0.15) is 9.78 Å². The van der Waals surface area contributed by atoms with E-state index in [1.807, 2.05) is 0 Å². The van der Waals surface area contributed by atoms with Crippen molar-refractivity contribution >= 4 is 23.3 Å². The van der Waals surface area contributed by atoms with Crippen molar-refractivity contribution in [3.63, 3.8) is 0 Å². The van der Waals surface area contributed by atoms with Gasteiger partial charge in [0.1, 0.15) is 0 Å². The molecule has 10 heteroatoms. The fourth-order valence-electron chi connectivity index (χ4n) is 2.20. The second-order valence-corrected chi connectivity index (χ2v) is 5.99. The lowest BCUT2D eigenvalue weighted by Gasteiger charge is -2.11. The monoisotopic (exact) mass is 354 g/mol.